The standard InChI is InChI=1S/2C8H10.2C2H6.CH4/c1-7-3-5-8(2)6-4-7;1-7-4-3-5-8(2)6-7;2*1-2;/h2*3-6H,1-2H3;2*1-2H3;1H4. The van der Waals surface area contributed by atoms with Gasteiger partial charge < -0.3 is 0 Å². The molecule has 0 unspecified atom stereocenters. The van der Waals surface area contributed by atoms with E-state index in [0.29, 0.717) is 0 Å². The van der Waals surface area contributed by atoms with Crippen molar-refractivity contribution in [3.63, 3.8) is 0 Å². The van der Waals surface area contributed by atoms with Crippen molar-refractivity contribution in [1.29, 1.82) is 0 Å². The Morgan fingerprint density at radius 1 is 0.476 bits per heavy atom. The van der Waals surface area contributed by atoms with E-state index in [9.17, 15) is 0 Å². The van der Waals surface area contributed by atoms with Crippen LogP contribution in [0.5, 0.6) is 0 Å². The van der Waals surface area contributed by atoms with E-state index in [1.165, 1.54) is 22.3 Å². The highest BCUT2D eigenvalue weighted by Gasteiger charge is 1.81. The van der Waals surface area contributed by atoms with Crippen LogP contribution in [0.1, 0.15) is 57.4 Å². The minimum atomic E-state index is 0. The highest BCUT2D eigenvalue weighted by atomic mass is 13.9. The number of aryl methyl sites for hydroxylation is 4. The predicted octanol–water partition coefficient (Wildman–Crippen LogP) is 7.30. The third kappa shape index (κ3) is 14.7. The van der Waals surface area contributed by atoms with Gasteiger partial charge in [0.1, 0.15) is 0 Å². The molecule has 0 atom stereocenters. The van der Waals surface area contributed by atoms with Crippen LogP contribution < -0.4 is 0 Å². The van der Waals surface area contributed by atoms with E-state index in [2.05, 4.69) is 76.2 Å². The second-order valence-corrected chi connectivity index (χ2v) is 4.31. The van der Waals surface area contributed by atoms with Crippen LogP contribution in [0.3, 0.4) is 0 Å². The summed E-state index contributed by atoms with van der Waals surface area (Å²) in [5, 5.41) is 0. The summed E-state index contributed by atoms with van der Waals surface area (Å²) >= 11 is 0. The fourth-order valence-corrected chi connectivity index (χ4v) is 1.44. The zero-order valence-electron chi connectivity index (χ0n) is 14.6. The second-order valence-electron chi connectivity index (χ2n) is 4.31. The minimum Gasteiger partial charge on any atom is -0.0776 e. The molecule has 0 saturated carbocycles. The number of hydrogen-bond donors (Lipinski definition) is 0. The summed E-state index contributed by atoms with van der Waals surface area (Å²) in [5.74, 6) is 0. The van der Waals surface area contributed by atoms with Gasteiger partial charge in [-0.25, -0.2) is 0 Å². The van der Waals surface area contributed by atoms with Gasteiger partial charge in [0.2, 0.25) is 0 Å². The van der Waals surface area contributed by atoms with Crippen LogP contribution in [0, 0.1) is 27.7 Å². The normalized spacial score (nSPS) is 7.62. The molecule has 0 aliphatic carbocycles. The quantitative estimate of drug-likeness (QED) is 0.477. The monoisotopic (exact) mass is 288 g/mol. The first-order chi connectivity index (χ1) is 9.58. The molecule has 2 aromatic carbocycles. The summed E-state index contributed by atoms with van der Waals surface area (Å²) in [6, 6.07) is 16.9. The lowest BCUT2D eigenvalue weighted by molar-refractivity contribution is 1.39. The Kier molecular flexibility index (Phi) is 19.2. The Balaban J connectivity index is -0.000000240. The zero-order valence-corrected chi connectivity index (χ0v) is 14.6. The third-order valence-electron chi connectivity index (χ3n) is 2.39. The van der Waals surface area contributed by atoms with Crippen molar-refractivity contribution in [3.05, 3.63) is 70.8 Å². The van der Waals surface area contributed by atoms with E-state index < -0.39 is 0 Å². The molecular weight excluding hydrogens is 252 g/mol. The van der Waals surface area contributed by atoms with Crippen LogP contribution in [0.4, 0.5) is 0 Å². The van der Waals surface area contributed by atoms with Crippen LogP contribution in [-0.4, -0.2) is 0 Å². The van der Waals surface area contributed by atoms with E-state index in [0.717, 1.165) is 0 Å². The van der Waals surface area contributed by atoms with Crippen LogP contribution in [-0.2, 0) is 0 Å². The topological polar surface area (TPSA) is 0 Å². The number of benzene rings is 2. The summed E-state index contributed by atoms with van der Waals surface area (Å²) < 4.78 is 0. The lowest BCUT2D eigenvalue weighted by Crippen LogP contribution is -1.71. The molecule has 21 heavy (non-hydrogen) atoms. The van der Waals surface area contributed by atoms with Gasteiger partial charge >= 0.3 is 0 Å². The molecule has 0 N–H and O–H groups in total. The molecule has 0 fully saturated rings. The maximum atomic E-state index is 2.17. The van der Waals surface area contributed by atoms with Crippen molar-refractivity contribution in [2.24, 2.45) is 0 Å². The molecule has 0 spiro atoms. The number of hydrogen-bond acceptors (Lipinski definition) is 0. The van der Waals surface area contributed by atoms with Gasteiger partial charge in [-0.2, -0.15) is 0 Å². The van der Waals surface area contributed by atoms with Gasteiger partial charge in [0, 0.05) is 0 Å². The lowest BCUT2D eigenvalue weighted by atomic mass is 10.2. The lowest BCUT2D eigenvalue weighted by Gasteiger charge is -1.90. The molecule has 0 heterocycles. The SMILES string of the molecule is C.CC.CC.Cc1ccc(C)cc1.Cc1cccc(C)c1. The van der Waals surface area contributed by atoms with Crippen LogP contribution >= 0.6 is 0 Å². The van der Waals surface area contributed by atoms with Gasteiger partial charge in [-0.3, -0.25) is 0 Å². The van der Waals surface area contributed by atoms with E-state index in [1.54, 1.807) is 0 Å². The highest BCUT2D eigenvalue weighted by molar-refractivity contribution is 5.20. The van der Waals surface area contributed by atoms with Gasteiger partial charge in [-0.05, 0) is 27.7 Å². The molecule has 2 rings (SSSR count). The predicted molar refractivity (Wildman–Crippen MR) is 101 cm³/mol. The summed E-state index contributed by atoms with van der Waals surface area (Å²) in [5.41, 5.74) is 5.33. The van der Waals surface area contributed by atoms with Gasteiger partial charge in [0.05, 0.1) is 0 Å². The third-order valence-corrected chi connectivity index (χ3v) is 2.39. The Hall–Kier alpha value is -1.56. The minimum absolute atomic E-state index is 0. The molecule has 2 aromatic rings. The van der Waals surface area contributed by atoms with Gasteiger partial charge in [0.15, 0.2) is 0 Å². The molecule has 0 aliphatic heterocycles. The van der Waals surface area contributed by atoms with E-state index in [4.69, 9.17) is 0 Å². The molecule has 0 nitrogen and oxygen atoms in total. The first kappa shape index (κ1) is 24.5. The Morgan fingerprint density at radius 3 is 0.952 bits per heavy atom. The summed E-state index contributed by atoms with van der Waals surface area (Å²) in [6.45, 7) is 16.4. The van der Waals surface area contributed by atoms with Crippen molar-refractivity contribution < 1.29 is 0 Å². The van der Waals surface area contributed by atoms with Crippen molar-refractivity contribution in [2.45, 2.75) is 62.8 Å². The maximum Gasteiger partial charge on any atom is -0.0398 e. The van der Waals surface area contributed by atoms with Crippen molar-refractivity contribution in [3.8, 4) is 0 Å². The molecule has 0 heteroatoms. The second kappa shape index (κ2) is 16.5. The smallest absolute Gasteiger partial charge is 0.0398 e. The molecule has 0 saturated heterocycles. The molecule has 0 aliphatic rings. The first-order valence-corrected chi connectivity index (χ1v) is 7.64. The van der Waals surface area contributed by atoms with Crippen molar-refractivity contribution in [1.82, 2.24) is 0 Å². The average Bonchev–Trinajstić information content (AvgIpc) is 2.47. The molecule has 0 aromatic heterocycles. The number of rotatable bonds is 0. The van der Waals surface area contributed by atoms with Crippen LogP contribution in [0.15, 0.2) is 48.5 Å². The Morgan fingerprint density at radius 2 is 0.762 bits per heavy atom. The van der Waals surface area contributed by atoms with E-state index >= 15 is 0 Å². The molecule has 0 amide bonds. The molecule has 120 valence electrons. The first-order valence-electron chi connectivity index (χ1n) is 7.64. The summed E-state index contributed by atoms with van der Waals surface area (Å²) in [6.07, 6.45) is 0. The largest absolute Gasteiger partial charge is 0.0776 e. The van der Waals surface area contributed by atoms with Crippen molar-refractivity contribution >= 4 is 0 Å². The van der Waals surface area contributed by atoms with Gasteiger partial charge in [-0.15, -0.1) is 0 Å². The Labute approximate surface area is 134 Å². The Bertz CT molecular complexity index is 386. The fourth-order valence-electron chi connectivity index (χ4n) is 1.44. The van der Waals surface area contributed by atoms with Gasteiger partial charge in [-0.1, -0.05) is 106 Å². The summed E-state index contributed by atoms with van der Waals surface area (Å²) in [7, 11) is 0. The van der Waals surface area contributed by atoms with E-state index in [1.807, 2.05) is 27.7 Å². The van der Waals surface area contributed by atoms with Crippen LogP contribution in [0.25, 0.3) is 0 Å². The highest BCUT2D eigenvalue weighted by Crippen LogP contribution is 2.00. The maximum absolute atomic E-state index is 2.17. The fraction of sp³-hybridized carbons (Fsp3) is 0.429. The zero-order chi connectivity index (χ0) is 16.0. The van der Waals surface area contributed by atoms with Crippen molar-refractivity contribution in [2.75, 3.05) is 0 Å². The average molecular weight is 289 g/mol. The molecule has 0 radical (unpaired) electrons. The van der Waals surface area contributed by atoms with Crippen LogP contribution in [0.2, 0.25) is 0 Å². The summed E-state index contributed by atoms with van der Waals surface area (Å²) in [4.78, 5) is 0. The van der Waals surface area contributed by atoms with E-state index in [-0.39, 0.29) is 7.43 Å². The molecular formula is C21H36. The van der Waals surface area contributed by atoms with Gasteiger partial charge in [0.25, 0.3) is 0 Å². The molecule has 0 bridgehead atoms.